The molecule has 0 bridgehead atoms. The van der Waals surface area contributed by atoms with Crippen LogP contribution >= 0.6 is 11.8 Å². The molecule has 0 atom stereocenters. The van der Waals surface area contributed by atoms with Gasteiger partial charge < -0.3 is 4.42 Å². The second-order valence-corrected chi connectivity index (χ2v) is 7.81. The minimum atomic E-state index is -0.639. The molecule has 0 saturated heterocycles. The van der Waals surface area contributed by atoms with Gasteiger partial charge in [0, 0.05) is 11.1 Å². The van der Waals surface area contributed by atoms with E-state index in [2.05, 4.69) is 11.1 Å². The van der Waals surface area contributed by atoms with Crippen molar-refractivity contribution in [3.05, 3.63) is 68.7 Å². The van der Waals surface area contributed by atoms with Crippen LogP contribution < -0.4 is 5.63 Å². The summed E-state index contributed by atoms with van der Waals surface area (Å²) in [5, 5.41) is 10.9. The van der Waals surface area contributed by atoms with Crippen LogP contribution in [-0.2, 0) is 12.8 Å². The zero-order chi connectivity index (χ0) is 19.7. The summed E-state index contributed by atoms with van der Waals surface area (Å²) < 4.78 is 5.25. The smallest absolute Gasteiger partial charge is 0.347 e. The number of hydrogen-bond donors (Lipinski definition) is 0. The standard InChI is InChI=1S/C22H18N2O3S/c1-13-15-7-3-4-8-16(15)18(11-23)21(24-13)28-12-19(25)17-10-14-6-2-5-9-20(14)27-22(17)26/h2,5-6,9-10H,3-4,7-8,12H2,1H3. The first-order valence-electron chi connectivity index (χ1n) is 9.20. The molecule has 0 spiro atoms. The van der Waals surface area contributed by atoms with Gasteiger partial charge in [0.2, 0.25) is 0 Å². The predicted octanol–water partition coefficient (Wildman–Crippen LogP) is 4.22. The molecule has 1 aliphatic carbocycles. The van der Waals surface area contributed by atoms with Crippen LogP contribution in [0.4, 0.5) is 0 Å². The minimum absolute atomic E-state index is 0.0272. The zero-order valence-corrected chi connectivity index (χ0v) is 16.3. The third-order valence-corrected chi connectivity index (χ3v) is 6.06. The van der Waals surface area contributed by atoms with E-state index in [1.807, 2.05) is 13.0 Å². The number of thioether (sulfide) groups is 1. The molecule has 140 valence electrons. The number of fused-ring (bicyclic) bond motifs is 2. The first kappa shape index (κ1) is 18.5. The first-order chi connectivity index (χ1) is 13.6. The summed E-state index contributed by atoms with van der Waals surface area (Å²) in [4.78, 5) is 29.4. The van der Waals surface area contributed by atoms with Crippen molar-refractivity contribution in [2.75, 3.05) is 5.75 Å². The molecule has 0 fully saturated rings. The monoisotopic (exact) mass is 390 g/mol. The van der Waals surface area contributed by atoms with Gasteiger partial charge in [-0.05, 0) is 55.9 Å². The van der Waals surface area contributed by atoms with Crippen molar-refractivity contribution in [3.8, 4) is 6.07 Å². The molecular formula is C22H18N2O3S. The fourth-order valence-corrected chi connectivity index (χ4v) is 4.61. The number of benzene rings is 1. The van der Waals surface area contributed by atoms with Crippen molar-refractivity contribution in [2.24, 2.45) is 0 Å². The number of nitrogens with zero attached hydrogens (tertiary/aromatic N) is 2. The van der Waals surface area contributed by atoms with Crippen LogP contribution in [0.2, 0.25) is 0 Å². The quantitative estimate of drug-likeness (QED) is 0.377. The molecule has 28 heavy (non-hydrogen) atoms. The molecule has 0 amide bonds. The Hall–Kier alpha value is -2.91. The number of aryl methyl sites for hydroxylation is 1. The average molecular weight is 390 g/mol. The second-order valence-electron chi connectivity index (χ2n) is 6.85. The topological polar surface area (TPSA) is 84.0 Å². The van der Waals surface area contributed by atoms with Gasteiger partial charge in [-0.3, -0.25) is 4.79 Å². The van der Waals surface area contributed by atoms with E-state index in [-0.39, 0.29) is 17.1 Å². The minimum Gasteiger partial charge on any atom is -0.422 e. The van der Waals surface area contributed by atoms with Crippen LogP contribution in [0.15, 0.2) is 44.6 Å². The van der Waals surface area contributed by atoms with E-state index in [0.29, 0.717) is 21.6 Å². The summed E-state index contributed by atoms with van der Waals surface area (Å²) in [5.41, 5.74) is 3.59. The molecule has 3 aromatic rings. The van der Waals surface area contributed by atoms with Crippen LogP contribution in [0, 0.1) is 18.3 Å². The fourth-order valence-electron chi connectivity index (χ4n) is 3.67. The molecule has 0 N–H and O–H groups in total. The highest BCUT2D eigenvalue weighted by atomic mass is 32.2. The van der Waals surface area contributed by atoms with E-state index in [1.165, 1.54) is 17.3 Å². The molecule has 2 aromatic heterocycles. The lowest BCUT2D eigenvalue weighted by Gasteiger charge is -2.20. The lowest BCUT2D eigenvalue weighted by molar-refractivity contribution is 0.101. The van der Waals surface area contributed by atoms with E-state index < -0.39 is 5.63 Å². The van der Waals surface area contributed by atoms with Gasteiger partial charge in [0.25, 0.3) is 0 Å². The van der Waals surface area contributed by atoms with Crippen LogP contribution in [0.5, 0.6) is 0 Å². The SMILES string of the molecule is Cc1nc(SCC(=O)c2cc3ccccc3oc2=O)c(C#N)c2c1CCCC2. The highest BCUT2D eigenvalue weighted by molar-refractivity contribution is 8.00. The molecule has 0 aliphatic heterocycles. The van der Waals surface area contributed by atoms with Gasteiger partial charge in [-0.15, -0.1) is 0 Å². The number of aromatic nitrogens is 1. The average Bonchev–Trinajstić information content (AvgIpc) is 2.71. The highest BCUT2D eigenvalue weighted by Gasteiger charge is 2.22. The maximum Gasteiger partial charge on any atom is 0.347 e. The van der Waals surface area contributed by atoms with E-state index in [1.54, 1.807) is 24.3 Å². The number of hydrogen-bond acceptors (Lipinski definition) is 6. The van der Waals surface area contributed by atoms with Crippen molar-refractivity contribution in [2.45, 2.75) is 37.6 Å². The molecule has 0 unspecified atom stereocenters. The number of carbonyl (C=O) groups excluding carboxylic acids is 1. The van der Waals surface area contributed by atoms with E-state index in [4.69, 9.17) is 4.42 Å². The lowest BCUT2D eigenvalue weighted by atomic mass is 9.88. The van der Waals surface area contributed by atoms with Crippen LogP contribution in [0.3, 0.4) is 0 Å². The first-order valence-corrected chi connectivity index (χ1v) is 10.2. The molecule has 1 aromatic carbocycles. The Morgan fingerprint density at radius 3 is 2.79 bits per heavy atom. The molecule has 0 radical (unpaired) electrons. The number of carbonyl (C=O) groups is 1. The lowest BCUT2D eigenvalue weighted by Crippen LogP contribution is -2.16. The van der Waals surface area contributed by atoms with Gasteiger partial charge in [0.05, 0.1) is 11.3 Å². The molecule has 1 aliphatic rings. The number of Topliss-reactive ketones (excluding diaryl/α,β-unsaturated/α-hetero) is 1. The Kier molecular flexibility index (Phi) is 5.01. The molecule has 6 heteroatoms. The van der Waals surface area contributed by atoms with Crippen LogP contribution in [0.25, 0.3) is 11.0 Å². The van der Waals surface area contributed by atoms with Gasteiger partial charge in [0.15, 0.2) is 5.78 Å². The van der Waals surface area contributed by atoms with Crippen molar-refractivity contribution < 1.29 is 9.21 Å². The summed E-state index contributed by atoms with van der Waals surface area (Å²) in [5.74, 6) is -0.297. The van der Waals surface area contributed by atoms with Crippen molar-refractivity contribution in [3.63, 3.8) is 0 Å². The van der Waals surface area contributed by atoms with Gasteiger partial charge in [-0.2, -0.15) is 5.26 Å². The molecular weight excluding hydrogens is 372 g/mol. The van der Waals surface area contributed by atoms with E-state index >= 15 is 0 Å². The van der Waals surface area contributed by atoms with Crippen molar-refractivity contribution >= 4 is 28.5 Å². The maximum absolute atomic E-state index is 12.7. The predicted molar refractivity (Wildman–Crippen MR) is 108 cm³/mol. The number of ketones is 1. The summed E-state index contributed by atoms with van der Waals surface area (Å²) in [7, 11) is 0. The normalized spacial score (nSPS) is 13.1. The van der Waals surface area contributed by atoms with Crippen LogP contribution in [-0.4, -0.2) is 16.5 Å². The van der Waals surface area contributed by atoms with Gasteiger partial charge in [-0.25, -0.2) is 9.78 Å². The Morgan fingerprint density at radius 2 is 2.00 bits per heavy atom. The fraction of sp³-hybridized carbons (Fsp3) is 0.273. The Morgan fingerprint density at radius 1 is 1.25 bits per heavy atom. The molecule has 4 rings (SSSR count). The van der Waals surface area contributed by atoms with Gasteiger partial charge in [-0.1, -0.05) is 30.0 Å². The van der Waals surface area contributed by atoms with Crippen molar-refractivity contribution in [1.29, 1.82) is 5.26 Å². The second kappa shape index (κ2) is 7.61. The number of para-hydroxylation sites is 1. The molecule has 2 heterocycles. The Bertz CT molecular complexity index is 1190. The van der Waals surface area contributed by atoms with Gasteiger partial charge >= 0.3 is 5.63 Å². The molecule has 0 saturated carbocycles. The largest absolute Gasteiger partial charge is 0.422 e. The Balaban J connectivity index is 1.62. The number of pyridine rings is 1. The summed E-state index contributed by atoms with van der Waals surface area (Å²) >= 11 is 1.21. The van der Waals surface area contributed by atoms with Crippen molar-refractivity contribution in [1.82, 2.24) is 4.98 Å². The molecule has 5 nitrogen and oxygen atoms in total. The number of rotatable bonds is 4. The Labute approximate surface area is 166 Å². The number of nitriles is 1. The highest BCUT2D eigenvalue weighted by Crippen LogP contribution is 2.32. The third-order valence-electron chi connectivity index (χ3n) is 5.08. The maximum atomic E-state index is 12.7. The third kappa shape index (κ3) is 3.34. The summed E-state index contributed by atoms with van der Waals surface area (Å²) in [6, 6.07) is 10.9. The van der Waals surface area contributed by atoms with E-state index in [9.17, 15) is 14.9 Å². The summed E-state index contributed by atoms with van der Waals surface area (Å²) in [6.07, 6.45) is 4.00. The zero-order valence-electron chi connectivity index (χ0n) is 15.4. The summed E-state index contributed by atoms with van der Waals surface area (Å²) in [6.45, 7) is 1.95. The van der Waals surface area contributed by atoms with Crippen LogP contribution in [0.1, 0.15) is 45.6 Å². The van der Waals surface area contributed by atoms with Gasteiger partial charge in [0.1, 0.15) is 22.2 Å². The van der Waals surface area contributed by atoms with E-state index in [0.717, 1.165) is 36.9 Å².